The summed E-state index contributed by atoms with van der Waals surface area (Å²) in [5.74, 6) is 0. The van der Waals surface area contributed by atoms with E-state index in [1.54, 1.807) is 12.1 Å². The topological polar surface area (TPSA) is 50.8 Å². The van der Waals surface area contributed by atoms with Crippen LogP contribution in [0.4, 0.5) is 10.5 Å². The molecule has 112 valence electrons. The number of anilines is 1. The number of aryl methyl sites for hydroxylation is 1. The number of hydrogen-bond acceptors (Lipinski definition) is 4. The standard InChI is InChI=1S/C9H12N2O3.C7H8/c1-13-9(12)10-11(14-2)8-6-4-3-5-7-8;1-7-5-3-2-4-6-7/h3-7H,1-2H3,(H,10,12);2-6H,1H3. The normalized spacial score (nSPS) is 9.10. The zero-order valence-electron chi connectivity index (χ0n) is 12.4. The summed E-state index contributed by atoms with van der Waals surface area (Å²) in [6, 6.07) is 19.4. The number of carbonyl (C=O) groups is 1. The van der Waals surface area contributed by atoms with E-state index >= 15 is 0 Å². The molecule has 2 aromatic carbocycles. The molecule has 5 nitrogen and oxygen atoms in total. The van der Waals surface area contributed by atoms with Gasteiger partial charge in [0.15, 0.2) is 0 Å². The van der Waals surface area contributed by atoms with Gasteiger partial charge in [0.25, 0.3) is 0 Å². The smallest absolute Gasteiger partial charge is 0.427 e. The van der Waals surface area contributed by atoms with Crippen molar-refractivity contribution in [3.63, 3.8) is 0 Å². The Hall–Kier alpha value is -2.53. The first-order valence-corrected chi connectivity index (χ1v) is 6.43. The molecule has 0 atom stereocenters. The van der Waals surface area contributed by atoms with E-state index in [-0.39, 0.29) is 0 Å². The number of methoxy groups -OCH3 is 1. The lowest BCUT2D eigenvalue weighted by atomic mass is 10.2. The number of hydrogen-bond donors (Lipinski definition) is 1. The van der Waals surface area contributed by atoms with Crippen LogP contribution in [0, 0.1) is 6.92 Å². The molecule has 2 aromatic rings. The van der Waals surface area contributed by atoms with Crippen LogP contribution in [-0.2, 0) is 9.57 Å². The number of ether oxygens (including phenoxy) is 1. The molecule has 0 spiro atoms. The Morgan fingerprint density at radius 1 is 0.952 bits per heavy atom. The quantitative estimate of drug-likeness (QED) is 0.880. The number of amides is 1. The lowest BCUT2D eigenvalue weighted by molar-refractivity contribution is 0.113. The van der Waals surface area contributed by atoms with Crippen molar-refractivity contribution in [2.45, 2.75) is 6.92 Å². The Kier molecular flexibility index (Phi) is 7.39. The Morgan fingerprint density at radius 2 is 1.48 bits per heavy atom. The summed E-state index contributed by atoms with van der Waals surface area (Å²) in [6.45, 7) is 2.08. The second-order valence-corrected chi connectivity index (χ2v) is 4.07. The molecule has 0 heterocycles. The SMILES string of the molecule is COC(=O)NN(OC)c1ccccc1.Cc1ccccc1. The molecule has 0 bridgehead atoms. The van der Waals surface area contributed by atoms with E-state index in [9.17, 15) is 4.79 Å². The van der Waals surface area contributed by atoms with Crippen molar-refractivity contribution in [2.24, 2.45) is 0 Å². The predicted octanol–water partition coefficient (Wildman–Crippen LogP) is 3.32. The van der Waals surface area contributed by atoms with Crippen LogP contribution in [0.25, 0.3) is 0 Å². The van der Waals surface area contributed by atoms with Crippen LogP contribution in [-0.4, -0.2) is 20.3 Å². The summed E-state index contributed by atoms with van der Waals surface area (Å²) in [5, 5.41) is 1.21. The Bertz CT molecular complexity index is 518. The third kappa shape index (κ3) is 6.44. The molecule has 0 saturated heterocycles. The van der Waals surface area contributed by atoms with Gasteiger partial charge in [-0.1, -0.05) is 54.1 Å². The highest BCUT2D eigenvalue weighted by Crippen LogP contribution is 2.10. The largest absolute Gasteiger partial charge is 0.452 e. The van der Waals surface area contributed by atoms with Crippen LogP contribution in [0.5, 0.6) is 0 Å². The lowest BCUT2D eigenvalue weighted by Crippen LogP contribution is -2.41. The molecule has 2 rings (SSSR count). The van der Waals surface area contributed by atoms with Crippen LogP contribution >= 0.6 is 0 Å². The summed E-state index contributed by atoms with van der Waals surface area (Å²) >= 11 is 0. The van der Waals surface area contributed by atoms with Crippen LogP contribution in [0.2, 0.25) is 0 Å². The number of nitrogens with one attached hydrogen (secondary N) is 1. The van der Waals surface area contributed by atoms with E-state index < -0.39 is 6.09 Å². The second kappa shape index (κ2) is 9.39. The molecule has 1 amide bonds. The first-order valence-electron chi connectivity index (χ1n) is 6.43. The van der Waals surface area contributed by atoms with E-state index in [1.165, 1.54) is 25.0 Å². The molecule has 0 aliphatic carbocycles. The fraction of sp³-hybridized carbons (Fsp3) is 0.188. The summed E-state index contributed by atoms with van der Waals surface area (Å²) in [4.78, 5) is 15.8. The molecule has 5 heteroatoms. The monoisotopic (exact) mass is 288 g/mol. The van der Waals surface area contributed by atoms with E-state index in [0.29, 0.717) is 5.69 Å². The highest BCUT2D eigenvalue weighted by molar-refractivity contribution is 5.69. The zero-order valence-corrected chi connectivity index (χ0v) is 12.4. The molecular formula is C16H20N2O3. The highest BCUT2D eigenvalue weighted by Gasteiger charge is 2.08. The molecule has 21 heavy (non-hydrogen) atoms. The molecule has 1 N–H and O–H groups in total. The van der Waals surface area contributed by atoms with Crippen molar-refractivity contribution in [3.05, 3.63) is 66.2 Å². The molecule has 0 aliphatic rings. The van der Waals surface area contributed by atoms with Crippen molar-refractivity contribution in [2.75, 3.05) is 19.4 Å². The number of hydrazine groups is 1. The maximum absolute atomic E-state index is 10.9. The maximum atomic E-state index is 10.9. The Morgan fingerprint density at radius 3 is 1.86 bits per heavy atom. The molecule has 0 aromatic heterocycles. The van der Waals surface area contributed by atoms with Gasteiger partial charge in [0.05, 0.1) is 19.9 Å². The van der Waals surface area contributed by atoms with E-state index in [0.717, 1.165) is 0 Å². The van der Waals surface area contributed by atoms with Gasteiger partial charge in [-0.3, -0.25) is 4.84 Å². The summed E-state index contributed by atoms with van der Waals surface area (Å²) < 4.78 is 4.43. The molecule has 0 aliphatic heterocycles. The summed E-state index contributed by atoms with van der Waals surface area (Å²) in [5.41, 5.74) is 4.41. The average Bonchev–Trinajstić information content (AvgIpc) is 2.54. The van der Waals surface area contributed by atoms with Gasteiger partial charge in [0, 0.05) is 0 Å². The van der Waals surface area contributed by atoms with Crippen molar-refractivity contribution in [1.29, 1.82) is 0 Å². The Labute approximate surface area is 125 Å². The van der Waals surface area contributed by atoms with Crippen molar-refractivity contribution in [3.8, 4) is 0 Å². The maximum Gasteiger partial charge on any atom is 0.427 e. The number of carbonyl (C=O) groups excluding carboxylic acids is 1. The van der Waals surface area contributed by atoms with Gasteiger partial charge < -0.3 is 4.74 Å². The first kappa shape index (κ1) is 16.5. The summed E-state index contributed by atoms with van der Waals surface area (Å²) in [6.07, 6.45) is -0.587. The summed E-state index contributed by atoms with van der Waals surface area (Å²) in [7, 11) is 2.73. The fourth-order valence-electron chi connectivity index (χ4n) is 1.44. The third-order valence-electron chi connectivity index (χ3n) is 2.49. The van der Waals surface area contributed by atoms with Gasteiger partial charge in [-0.05, 0) is 19.1 Å². The van der Waals surface area contributed by atoms with Gasteiger partial charge >= 0.3 is 6.09 Å². The number of para-hydroxylation sites is 1. The van der Waals surface area contributed by atoms with Gasteiger partial charge in [-0.2, -0.15) is 5.17 Å². The highest BCUT2D eigenvalue weighted by atomic mass is 16.7. The average molecular weight is 288 g/mol. The minimum Gasteiger partial charge on any atom is -0.452 e. The van der Waals surface area contributed by atoms with Crippen LogP contribution in [0.3, 0.4) is 0 Å². The van der Waals surface area contributed by atoms with Gasteiger partial charge in [-0.15, -0.1) is 0 Å². The first-order chi connectivity index (χ1) is 10.2. The third-order valence-corrected chi connectivity index (χ3v) is 2.49. The zero-order chi connectivity index (χ0) is 15.5. The van der Waals surface area contributed by atoms with Crippen molar-refractivity contribution in [1.82, 2.24) is 5.43 Å². The molecule has 0 saturated carbocycles. The molecule has 0 radical (unpaired) electrons. The predicted molar refractivity (Wildman–Crippen MR) is 82.6 cm³/mol. The van der Waals surface area contributed by atoms with Crippen LogP contribution < -0.4 is 10.6 Å². The van der Waals surface area contributed by atoms with Crippen LogP contribution in [0.15, 0.2) is 60.7 Å². The lowest BCUT2D eigenvalue weighted by Gasteiger charge is -2.20. The number of nitrogens with zero attached hydrogens (tertiary/aromatic N) is 1. The minimum atomic E-state index is -0.587. The van der Waals surface area contributed by atoms with E-state index in [1.807, 2.05) is 36.4 Å². The van der Waals surface area contributed by atoms with Crippen LogP contribution in [0.1, 0.15) is 5.56 Å². The second-order valence-electron chi connectivity index (χ2n) is 4.07. The van der Waals surface area contributed by atoms with Gasteiger partial charge in [0.1, 0.15) is 0 Å². The van der Waals surface area contributed by atoms with Crippen molar-refractivity contribution >= 4 is 11.8 Å². The molecule has 0 unspecified atom stereocenters. The molecular weight excluding hydrogens is 268 g/mol. The number of rotatable bonds is 3. The van der Waals surface area contributed by atoms with Crippen molar-refractivity contribution < 1.29 is 14.4 Å². The molecule has 0 fully saturated rings. The van der Waals surface area contributed by atoms with Gasteiger partial charge in [-0.25, -0.2) is 10.2 Å². The van der Waals surface area contributed by atoms with E-state index in [2.05, 4.69) is 29.2 Å². The number of benzene rings is 2. The van der Waals surface area contributed by atoms with E-state index in [4.69, 9.17) is 4.84 Å². The Balaban J connectivity index is 0.000000262. The minimum absolute atomic E-state index is 0.587. The fourth-order valence-corrected chi connectivity index (χ4v) is 1.44. The van der Waals surface area contributed by atoms with Gasteiger partial charge in [0.2, 0.25) is 0 Å².